The Kier molecular flexibility index (Phi) is 3.96. The summed E-state index contributed by atoms with van der Waals surface area (Å²) in [5.74, 6) is 1.33. The molecule has 0 saturated carbocycles. The van der Waals surface area contributed by atoms with Crippen molar-refractivity contribution < 1.29 is 22.6 Å². The first-order valence-electron chi connectivity index (χ1n) is 5.70. The molecule has 0 aromatic heterocycles. The highest BCUT2D eigenvalue weighted by Gasteiger charge is 2.25. The van der Waals surface area contributed by atoms with Crippen LogP contribution in [0, 0.1) is 0 Å². The number of fused-ring (bicyclic) bond motifs is 1. The van der Waals surface area contributed by atoms with E-state index >= 15 is 0 Å². The fraction of sp³-hybridized carbons (Fsp3) is 0.500. The quantitative estimate of drug-likeness (QED) is 0.845. The van der Waals surface area contributed by atoms with Crippen LogP contribution < -0.4 is 14.8 Å². The van der Waals surface area contributed by atoms with Crippen LogP contribution in [0.1, 0.15) is 12.0 Å². The number of benzene rings is 1. The third-order valence-electron chi connectivity index (χ3n) is 2.52. The van der Waals surface area contributed by atoms with Gasteiger partial charge in [-0.1, -0.05) is 6.07 Å². The first-order chi connectivity index (χ1) is 8.54. The predicted octanol–water partition coefficient (Wildman–Crippen LogP) is 2.50. The van der Waals surface area contributed by atoms with E-state index in [4.69, 9.17) is 9.47 Å². The van der Waals surface area contributed by atoms with Crippen molar-refractivity contribution in [3.8, 4) is 11.5 Å². The van der Waals surface area contributed by atoms with Crippen LogP contribution in [0.2, 0.25) is 0 Å². The summed E-state index contributed by atoms with van der Waals surface area (Å²) in [6, 6.07) is 5.37. The number of nitrogens with one attached hydrogen (secondary N) is 1. The molecule has 100 valence electrons. The molecule has 0 bridgehead atoms. The van der Waals surface area contributed by atoms with Crippen molar-refractivity contribution >= 4 is 0 Å². The maximum absolute atomic E-state index is 11.9. The Bertz CT molecular complexity index is 407. The molecule has 6 heteroatoms. The highest BCUT2D eigenvalue weighted by Crippen LogP contribution is 2.30. The van der Waals surface area contributed by atoms with Crippen LogP contribution in [0.4, 0.5) is 13.2 Å². The number of hydrogen-bond acceptors (Lipinski definition) is 3. The van der Waals surface area contributed by atoms with E-state index in [1.165, 1.54) is 0 Å². The van der Waals surface area contributed by atoms with E-state index < -0.39 is 12.6 Å². The number of alkyl halides is 3. The first-order valence-corrected chi connectivity index (χ1v) is 5.70. The third kappa shape index (κ3) is 3.80. The number of hydrogen-bond donors (Lipinski definition) is 1. The highest BCUT2D eigenvalue weighted by atomic mass is 19.4. The topological polar surface area (TPSA) is 30.5 Å². The van der Waals surface area contributed by atoms with E-state index in [0.717, 1.165) is 5.56 Å². The molecule has 1 aliphatic heterocycles. The van der Waals surface area contributed by atoms with Gasteiger partial charge in [0.05, 0.1) is 6.42 Å². The molecule has 0 fully saturated rings. The molecule has 0 unspecified atom stereocenters. The summed E-state index contributed by atoms with van der Waals surface area (Å²) < 4.78 is 46.5. The van der Waals surface area contributed by atoms with Crippen molar-refractivity contribution in [3.05, 3.63) is 23.8 Å². The maximum atomic E-state index is 11.9. The van der Waals surface area contributed by atoms with E-state index in [1.807, 2.05) is 6.07 Å². The van der Waals surface area contributed by atoms with Gasteiger partial charge in [0.25, 0.3) is 0 Å². The van der Waals surface area contributed by atoms with Gasteiger partial charge in [0.2, 0.25) is 0 Å². The Hall–Kier alpha value is -1.43. The lowest BCUT2D eigenvalue weighted by Crippen LogP contribution is -2.21. The molecule has 3 nitrogen and oxygen atoms in total. The van der Waals surface area contributed by atoms with E-state index in [-0.39, 0.29) is 6.54 Å². The highest BCUT2D eigenvalue weighted by molar-refractivity contribution is 5.43. The van der Waals surface area contributed by atoms with Crippen LogP contribution in [0.3, 0.4) is 0 Å². The van der Waals surface area contributed by atoms with Crippen LogP contribution in [0.25, 0.3) is 0 Å². The van der Waals surface area contributed by atoms with Crippen molar-refractivity contribution in [3.63, 3.8) is 0 Å². The maximum Gasteiger partial charge on any atom is 0.390 e. The Morgan fingerprint density at radius 3 is 2.56 bits per heavy atom. The zero-order valence-corrected chi connectivity index (χ0v) is 9.72. The summed E-state index contributed by atoms with van der Waals surface area (Å²) in [5, 5.41) is 2.75. The molecule has 0 atom stereocenters. The Balaban J connectivity index is 1.83. The molecule has 0 amide bonds. The molecule has 18 heavy (non-hydrogen) atoms. The van der Waals surface area contributed by atoms with Gasteiger partial charge in [-0.2, -0.15) is 13.2 Å². The Labute approximate surface area is 103 Å². The largest absolute Gasteiger partial charge is 0.486 e. The average Bonchev–Trinajstić information content (AvgIpc) is 2.33. The zero-order valence-electron chi connectivity index (χ0n) is 9.72. The summed E-state index contributed by atoms with van der Waals surface area (Å²) in [7, 11) is 0. The molecular formula is C12H14F3NO2. The van der Waals surface area contributed by atoms with E-state index in [0.29, 0.717) is 31.3 Å². The lowest BCUT2D eigenvalue weighted by Gasteiger charge is -2.19. The minimum absolute atomic E-state index is 0.0854. The predicted molar refractivity (Wildman–Crippen MR) is 59.8 cm³/mol. The van der Waals surface area contributed by atoms with Gasteiger partial charge in [0, 0.05) is 13.1 Å². The third-order valence-corrected chi connectivity index (χ3v) is 2.52. The molecule has 0 spiro atoms. The first kappa shape index (κ1) is 13.0. The van der Waals surface area contributed by atoms with Gasteiger partial charge in [-0.25, -0.2) is 0 Å². The normalized spacial score (nSPS) is 14.6. The lowest BCUT2D eigenvalue weighted by atomic mass is 10.2. The molecule has 2 rings (SSSR count). The second-order valence-electron chi connectivity index (χ2n) is 4.02. The minimum Gasteiger partial charge on any atom is -0.486 e. The van der Waals surface area contributed by atoms with Crippen molar-refractivity contribution in [2.24, 2.45) is 0 Å². The molecule has 0 aliphatic carbocycles. The molecule has 1 N–H and O–H groups in total. The summed E-state index contributed by atoms with van der Waals surface area (Å²) in [5.41, 5.74) is 0.876. The Morgan fingerprint density at radius 1 is 1.11 bits per heavy atom. The molecule has 1 heterocycles. The van der Waals surface area contributed by atoms with Crippen molar-refractivity contribution in [1.82, 2.24) is 5.32 Å². The molecule has 1 aromatic carbocycles. The van der Waals surface area contributed by atoms with Crippen molar-refractivity contribution in [2.75, 3.05) is 19.8 Å². The van der Waals surface area contributed by atoms with Gasteiger partial charge in [-0.15, -0.1) is 0 Å². The van der Waals surface area contributed by atoms with Crippen molar-refractivity contribution in [1.29, 1.82) is 0 Å². The summed E-state index contributed by atoms with van der Waals surface area (Å²) in [6.07, 6.45) is -4.93. The van der Waals surface area contributed by atoms with Crippen molar-refractivity contribution in [2.45, 2.75) is 19.1 Å². The van der Waals surface area contributed by atoms with Crippen LogP contribution in [0.15, 0.2) is 18.2 Å². The van der Waals surface area contributed by atoms with Gasteiger partial charge < -0.3 is 14.8 Å². The smallest absolute Gasteiger partial charge is 0.390 e. The standard InChI is InChI=1S/C12H14F3NO2/c13-12(14,15)3-4-16-8-9-1-2-10-11(7-9)18-6-5-17-10/h1-2,7,16H,3-6,8H2. The lowest BCUT2D eigenvalue weighted by molar-refractivity contribution is -0.133. The molecule has 0 saturated heterocycles. The molecule has 0 radical (unpaired) electrons. The Morgan fingerprint density at radius 2 is 1.83 bits per heavy atom. The molecule has 1 aromatic rings. The second-order valence-corrected chi connectivity index (χ2v) is 4.02. The van der Waals surface area contributed by atoms with Crippen LogP contribution in [-0.4, -0.2) is 25.9 Å². The van der Waals surface area contributed by atoms with Crippen LogP contribution >= 0.6 is 0 Å². The summed E-state index contributed by atoms with van der Waals surface area (Å²) >= 11 is 0. The SMILES string of the molecule is FC(F)(F)CCNCc1ccc2c(c1)OCCO2. The van der Waals surface area contributed by atoms with Crippen LogP contribution in [-0.2, 0) is 6.54 Å². The van der Waals surface area contributed by atoms with Gasteiger partial charge in [-0.3, -0.25) is 0 Å². The van der Waals surface area contributed by atoms with Gasteiger partial charge in [0.15, 0.2) is 11.5 Å². The fourth-order valence-electron chi connectivity index (χ4n) is 1.66. The fourth-order valence-corrected chi connectivity index (χ4v) is 1.66. The molecule has 1 aliphatic rings. The van der Waals surface area contributed by atoms with Gasteiger partial charge in [-0.05, 0) is 17.7 Å². The van der Waals surface area contributed by atoms with E-state index in [1.54, 1.807) is 12.1 Å². The van der Waals surface area contributed by atoms with Gasteiger partial charge in [0.1, 0.15) is 13.2 Å². The van der Waals surface area contributed by atoms with E-state index in [9.17, 15) is 13.2 Å². The summed E-state index contributed by atoms with van der Waals surface area (Å²) in [6.45, 7) is 1.32. The minimum atomic E-state index is -4.11. The van der Waals surface area contributed by atoms with Gasteiger partial charge >= 0.3 is 6.18 Å². The number of halogens is 3. The summed E-state index contributed by atoms with van der Waals surface area (Å²) in [4.78, 5) is 0. The number of rotatable bonds is 4. The average molecular weight is 261 g/mol. The second kappa shape index (κ2) is 5.48. The monoisotopic (exact) mass is 261 g/mol. The number of ether oxygens (including phenoxy) is 2. The van der Waals surface area contributed by atoms with E-state index in [2.05, 4.69) is 5.32 Å². The molecular weight excluding hydrogens is 247 g/mol. The van der Waals surface area contributed by atoms with Crippen LogP contribution in [0.5, 0.6) is 11.5 Å². The zero-order chi connectivity index (χ0) is 13.0.